The topological polar surface area (TPSA) is 32.3 Å². The molecule has 1 aliphatic heterocycles. The van der Waals surface area contributed by atoms with Gasteiger partial charge in [0.2, 0.25) is 5.91 Å². The van der Waals surface area contributed by atoms with Crippen LogP contribution in [-0.4, -0.2) is 36.0 Å². The van der Waals surface area contributed by atoms with Crippen molar-refractivity contribution in [2.24, 2.45) is 0 Å². The number of hydrogen-bond acceptors (Lipinski definition) is 2. The highest BCUT2D eigenvalue weighted by Crippen LogP contribution is 2.11. The van der Waals surface area contributed by atoms with E-state index in [0.717, 1.165) is 32.4 Å². The van der Waals surface area contributed by atoms with Crippen LogP contribution in [0.3, 0.4) is 0 Å². The largest absolute Gasteiger partial charge is 0.341 e. The molecule has 1 rings (SSSR count). The van der Waals surface area contributed by atoms with Crippen molar-refractivity contribution in [2.45, 2.75) is 64.5 Å². The summed E-state index contributed by atoms with van der Waals surface area (Å²) in [6.07, 6.45) is 11.8. The molecule has 1 aliphatic rings. The Balaban J connectivity index is 2.46. The molecule has 2 unspecified atom stereocenters. The monoisotopic (exact) mass is 250 g/mol. The zero-order chi connectivity index (χ0) is 13.4. The number of amides is 1. The second kappa shape index (κ2) is 8.16. The number of carbonyl (C=O) groups is 1. The Kier molecular flexibility index (Phi) is 6.82. The van der Waals surface area contributed by atoms with Gasteiger partial charge in [0.05, 0.1) is 6.04 Å². The summed E-state index contributed by atoms with van der Waals surface area (Å²) in [6, 6.07) is 0.127. The predicted octanol–water partition coefficient (Wildman–Crippen LogP) is 2.17. The molecule has 3 heteroatoms. The lowest BCUT2D eigenvalue weighted by Crippen LogP contribution is -2.48. The molecule has 2 atom stereocenters. The lowest BCUT2D eigenvalue weighted by atomic mass is 10.1. The minimum Gasteiger partial charge on any atom is -0.341 e. The van der Waals surface area contributed by atoms with Gasteiger partial charge in [-0.1, -0.05) is 19.8 Å². The van der Waals surface area contributed by atoms with Crippen LogP contribution >= 0.6 is 0 Å². The van der Waals surface area contributed by atoms with Gasteiger partial charge in [-0.3, -0.25) is 4.79 Å². The van der Waals surface area contributed by atoms with Gasteiger partial charge in [-0.15, -0.1) is 12.3 Å². The van der Waals surface area contributed by atoms with Crippen LogP contribution in [0.4, 0.5) is 0 Å². The first kappa shape index (κ1) is 15.0. The normalized spacial score (nSPS) is 19.7. The Hall–Kier alpha value is -1.01. The maximum Gasteiger partial charge on any atom is 0.239 e. The molecular formula is C15H26N2O. The van der Waals surface area contributed by atoms with Crippen molar-refractivity contribution in [3.8, 4) is 12.3 Å². The van der Waals surface area contributed by atoms with Crippen LogP contribution in [0.25, 0.3) is 0 Å². The van der Waals surface area contributed by atoms with E-state index in [9.17, 15) is 4.79 Å². The third kappa shape index (κ3) is 4.70. The second-order valence-electron chi connectivity index (χ2n) is 5.14. The molecule has 1 saturated heterocycles. The fourth-order valence-electron chi connectivity index (χ4n) is 2.45. The molecule has 18 heavy (non-hydrogen) atoms. The van der Waals surface area contributed by atoms with Gasteiger partial charge in [-0.25, -0.2) is 0 Å². The van der Waals surface area contributed by atoms with E-state index < -0.39 is 0 Å². The lowest BCUT2D eigenvalue weighted by Gasteiger charge is -2.27. The summed E-state index contributed by atoms with van der Waals surface area (Å²) >= 11 is 0. The molecule has 0 aromatic rings. The summed E-state index contributed by atoms with van der Waals surface area (Å²) < 4.78 is 0. The van der Waals surface area contributed by atoms with Crippen LogP contribution in [0.15, 0.2) is 0 Å². The maximum absolute atomic E-state index is 12.3. The molecule has 102 valence electrons. The molecule has 1 amide bonds. The van der Waals surface area contributed by atoms with Crippen molar-refractivity contribution < 1.29 is 4.79 Å². The molecule has 1 N–H and O–H groups in total. The lowest BCUT2D eigenvalue weighted by molar-refractivity contribution is -0.133. The molecule has 3 nitrogen and oxygen atoms in total. The van der Waals surface area contributed by atoms with Crippen molar-refractivity contribution in [3.63, 3.8) is 0 Å². The molecule has 0 aromatic carbocycles. The summed E-state index contributed by atoms with van der Waals surface area (Å²) in [5.41, 5.74) is 0. The van der Waals surface area contributed by atoms with Crippen LogP contribution in [0.2, 0.25) is 0 Å². The van der Waals surface area contributed by atoms with Gasteiger partial charge in [0.1, 0.15) is 0 Å². The molecule has 0 aromatic heterocycles. The van der Waals surface area contributed by atoms with E-state index in [1.54, 1.807) is 0 Å². The number of nitrogens with one attached hydrogen (secondary N) is 1. The minimum absolute atomic E-state index is 0.124. The van der Waals surface area contributed by atoms with Crippen LogP contribution < -0.4 is 5.32 Å². The van der Waals surface area contributed by atoms with E-state index in [4.69, 9.17) is 6.42 Å². The number of hydrogen-bond donors (Lipinski definition) is 1. The van der Waals surface area contributed by atoms with Crippen LogP contribution in [-0.2, 0) is 4.79 Å². The third-order valence-corrected chi connectivity index (χ3v) is 3.63. The number of terminal acetylenes is 1. The van der Waals surface area contributed by atoms with Crippen molar-refractivity contribution >= 4 is 5.91 Å². The summed E-state index contributed by atoms with van der Waals surface area (Å²) in [5, 5.41) is 3.35. The fraction of sp³-hybridized carbons (Fsp3) is 0.800. The Morgan fingerprint density at radius 3 is 2.44 bits per heavy atom. The first-order chi connectivity index (χ1) is 8.69. The molecule has 0 bridgehead atoms. The molecule has 0 aliphatic carbocycles. The van der Waals surface area contributed by atoms with E-state index in [1.807, 2.05) is 11.8 Å². The number of likely N-dealkylation sites (tertiary alicyclic amines) is 1. The highest BCUT2D eigenvalue weighted by molar-refractivity contribution is 5.81. The van der Waals surface area contributed by atoms with Gasteiger partial charge < -0.3 is 10.2 Å². The zero-order valence-electron chi connectivity index (χ0n) is 11.7. The first-order valence-electron chi connectivity index (χ1n) is 7.17. The molecule has 0 spiro atoms. The highest BCUT2D eigenvalue weighted by Gasteiger charge is 2.22. The summed E-state index contributed by atoms with van der Waals surface area (Å²) in [7, 11) is 0. The Labute approximate surface area is 111 Å². The zero-order valence-corrected chi connectivity index (χ0v) is 11.7. The number of nitrogens with zero attached hydrogens (tertiary/aromatic N) is 1. The standard InChI is InChI=1S/C15H26N2O/c1-4-10-14(5-2)16-13(3)15(18)17-11-8-6-7-9-12-17/h1,13-14,16H,5-12H2,2-3H3. The molecule has 0 radical (unpaired) electrons. The van der Waals surface area contributed by atoms with Crippen molar-refractivity contribution in [3.05, 3.63) is 0 Å². The molecular weight excluding hydrogens is 224 g/mol. The Morgan fingerprint density at radius 1 is 1.33 bits per heavy atom. The van der Waals surface area contributed by atoms with Crippen molar-refractivity contribution in [1.29, 1.82) is 0 Å². The summed E-state index contributed by atoms with van der Waals surface area (Å²) in [6.45, 7) is 5.87. The van der Waals surface area contributed by atoms with E-state index in [-0.39, 0.29) is 18.0 Å². The third-order valence-electron chi connectivity index (χ3n) is 3.63. The highest BCUT2D eigenvalue weighted by atomic mass is 16.2. The Bertz CT molecular complexity index is 287. The van der Waals surface area contributed by atoms with Crippen molar-refractivity contribution in [1.82, 2.24) is 10.2 Å². The van der Waals surface area contributed by atoms with Crippen LogP contribution in [0.5, 0.6) is 0 Å². The smallest absolute Gasteiger partial charge is 0.239 e. The maximum atomic E-state index is 12.3. The predicted molar refractivity (Wildman–Crippen MR) is 75.2 cm³/mol. The quantitative estimate of drug-likeness (QED) is 0.758. The SMILES string of the molecule is C#CCC(CC)NC(C)C(=O)N1CCCCCC1. The van der Waals surface area contributed by atoms with Gasteiger partial charge in [0.15, 0.2) is 0 Å². The number of rotatable bonds is 5. The van der Waals surface area contributed by atoms with Gasteiger partial charge in [0.25, 0.3) is 0 Å². The van der Waals surface area contributed by atoms with Gasteiger partial charge in [0, 0.05) is 25.6 Å². The Morgan fingerprint density at radius 2 is 1.94 bits per heavy atom. The fourth-order valence-corrected chi connectivity index (χ4v) is 2.45. The van der Waals surface area contributed by atoms with E-state index in [0.29, 0.717) is 6.42 Å². The van der Waals surface area contributed by atoms with Gasteiger partial charge >= 0.3 is 0 Å². The van der Waals surface area contributed by atoms with E-state index in [2.05, 4.69) is 18.2 Å². The van der Waals surface area contributed by atoms with Crippen molar-refractivity contribution in [2.75, 3.05) is 13.1 Å². The van der Waals surface area contributed by atoms with Gasteiger partial charge in [-0.2, -0.15) is 0 Å². The summed E-state index contributed by atoms with van der Waals surface area (Å²) in [5.74, 6) is 2.89. The molecule has 1 heterocycles. The summed E-state index contributed by atoms with van der Waals surface area (Å²) in [4.78, 5) is 14.3. The molecule has 0 saturated carbocycles. The number of carbonyl (C=O) groups excluding carboxylic acids is 1. The average molecular weight is 250 g/mol. The van der Waals surface area contributed by atoms with Crippen LogP contribution in [0.1, 0.15) is 52.4 Å². The van der Waals surface area contributed by atoms with Crippen LogP contribution in [0, 0.1) is 12.3 Å². The average Bonchev–Trinajstić information content (AvgIpc) is 2.65. The van der Waals surface area contributed by atoms with Gasteiger partial charge in [-0.05, 0) is 26.2 Å². The first-order valence-corrected chi connectivity index (χ1v) is 7.17. The second-order valence-corrected chi connectivity index (χ2v) is 5.14. The van der Waals surface area contributed by atoms with E-state index >= 15 is 0 Å². The van der Waals surface area contributed by atoms with E-state index in [1.165, 1.54) is 12.8 Å². The minimum atomic E-state index is -0.124. The molecule has 1 fully saturated rings.